The van der Waals surface area contributed by atoms with Gasteiger partial charge >= 0.3 is 0 Å². The van der Waals surface area contributed by atoms with Crippen molar-refractivity contribution in [2.45, 2.75) is 33.3 Å². The van der Waals surface area contributed by atoms with Gasteiger partial charge < -0.3 is 10.1 Å². The number of ether oxygens (including phenoxy) is 1. The van der Waals surface area contributed by atoms with E-state index >= 15 is 0 Å². The highest BCUT2D eigenvalue weighted by molar-refractivity contribution is 5.35. The maximum atomic E-state index is 5.59. The van der Waals surface area contributed by atoms with Crippen LogP contribution in [-0.4, -0.2) is 23.7 Å². The first-order valence-corrected chi connectivity index (χ1v) is 5.35. The minimum absolute atomic E-state index is 0.153. The van der Waals surface area contributed by atoms with Crippen molar-refractivity contribution < 1.29 is 4.74 Å². The number of hydrogen-bond donors (Lipinski definition) is 1. The number of nitrogens with zero attached hydrogens (tertiary/aromatic N) is 1. The lowest BCUT2D eigenvalue weighted by molar-refractivity contribution is 0.000640. The lowest BCUT2D eigenvalue weighted by Gasteiger charge is -2.25. The zero-order valence-corrected chi connectivity index (χ0v) is 10.0. The fourth-order valence-corrected chi connectivity index (χ4v) is 1.39. The molecule has 0 saturated carbocycles. The van der Waals surface area contributed by atoms with Crippen LogP contribution in [0.4, 0.5) is 5.82 Å². The molecule has 0 aromatic carbocycles. The highest BCUT2D eigenvalue weighted by Crippen LogP contribution is 2.11. The first kappa shape index (κ1) is 12.0. The second kappa shape index (κ2) is 5.12. The molecule has 0 bridgehead atoms. The maximum Gasteiger partial charge on any atom is 0.126 e. The minimum atomic E-state index is -0.153. The Morgan fingerprint density at radius 2 is 2.13 bits per heavy atom. The smallest absolute Gasteiger partial charge is 0.126 e. The van der Waals surface area contributed by atoms with Gasteiger partial charge in [0, 0.05) is 18.8 Å². The normalized spacial score (nSPS) is 11.5. The maximum absolute atomic E-state index is 5.59. The van der Waals surface area contributed by atoms with Gasteiger partial charge in [-0.1, -0.05) is 6.07 Å². The second-order valence-corrected chi connectivity index (χ2v) is 4.21. The molecular weight excluding hydrogens is 188 g/mol. The van der Waals surface area contributed by atoms with Gasteiger partial charge in [-0.3, -0.25) is 0 Å². The number of aryl methyl sites for hydroxylation is 1. The van der Waals surface area contributed by atoms with Gasteiger partial charge in [-0.05, 0) is 39.8 Å². The van der Waals surface area contributed by atoms with Gasteiger partial charge in [-0.2, -0.15) is 0 Å². The Morgan fingerprint density at radius 1 is 1.40 bits per heavy atom. The van der Waals surface area contributed by atoms with Crippen molar-refractivity contribution in [1.82, 2.24) is 4.98 Å². The Bertz CT molecular complexity index is 310. The predicted octanol–water partition coefficient (Wildman–Crippen LogP) is 2.62. The molecule has 0 radical (unpaired) electrons. The third-order valence-corrected chi connectivity index (χ3v) is 2.12. The topological polar surface area (TPSA) is 34.1 Å². The average Bonchev–Trinajstić information content (AvgIpc) is 2.15. The van der Waals surface area contributed by atoms with Crippen molar-refractivity contribution in [1.29, 1.82) is 0 Å². The molecule has 0 unspecified atom stereocenters. The van der Waals surface area contributed by atoms with Gasteiger partial charge in [0.05, 0.1) is 5.60 Å². The summed E-state index contributed by atoms with van der Waals surface area (Å²) < 4.78 is 5.59. The highest BCUT2D eigenvalue weighted by Gasteiger charge is 2.16. The monoisotopic (exact) mass is 208 g/mol. The van der Waals surface area contributed by atoms with E-state index in [-0.39, 0.29) is 5.60 Å². The molecule has 1 rings (SSSR count). The van der Waals surface area contributed by atoms with Crippen LogP contribution in [0.3, 0.4) is 0 Å². The molecule has 3 heteroatoms. The van der Waals surface area contributed by atoms with E-state index in [4.69, 9.17) is 4.74 Å². The summed E-state index contributed by atoms with van der Waals surface area (Å²) in [5.74, 6) is 0.905. The van der Waals surface area contributed by atoms with Crippen molar-refractivity contribution in [3.8, 4) is 0 Å². The molecule has 1 N–H and O–H groups in total. The van der Waals surface area contributed by atoms with Crippen LogP contribution < -0.4 is 5.32 Å². The van der Waals surface area contributed by atoms with Crippen LogP contribution >= 0.6 is 0 Å². The van der Waals surface area contributed by atoms with E-state index in [0.29, 0.717) is 0 Å². The van der Waals surface area contributed by atoms with E-state index in [9.17, 15) is 0 Å². The summed E-state index contributed by atoms with van der Waals surface area (Å²) in [5.41, 5.74) is 0.870. The third kappa shape index (κ3) is 4.30. The van der Waals surface area contributed by atoms with Gasteiger partial charge in [0.2, 0.25) is 0 Å². The number of hydrogen-bond acceptors (Lipinski definition) is 3. The highest BCUT2D eigenvalue weighted by atomic mass is 16.5. The number of rotatable bonds is 5. The van der Waals surface area contributed by atoms with E-state index in [1.807, 2.05) is 32.0 Å². The van der Waals surface area contributed by atoms with Crippen LogP contribution in [-0.2, 0) is 4.74 Å². The molecule has 84 valence electrons. The van der Waals surface area contributed by atoms with Crippen LogP contribution in [0.25, 0.3) is 0 Å². The van der Waals surface area contributed by atoms with Gasteiger partial charge in [0.15, 0.2) is 0 Å². The molecule has 0 aliphatic carbocycles. The molecule has 0 amide bonds. The molecule has 15 heavy (non-hydrogen) atoms. The summed E-state index contributed by atoms with van der Waals surface area (Å²) in [6, 6.07) is 5.95. The molecule has 3 nitrogen and oxygen atoms in total. The van der Waals surface area contributed by atoms with Crippen molar-refractivity contribution in [2.75, 3.05) is 18.5 Å². The average molecular weight is 208 g/mol. The van der Waals surface area contributed by atoms with Crippen molar-refractivity contribution in [3.05, 3.63) is 23.9 Å². The first-order valence-electron chi connectivity index (χ1n) is 5.35. The second-order valence-electron chi connectivity index (χ2n) is 4.21. The fraction of sp³-hybridized carbons (Fsp3) is 0.583. The number of aromatic nitrogens is 1. The fourth-order valence-electron chi connectivity index (χ4n) is 1.39. The molecule has 1 aromatic heterocycles. The quantitative estimate of drug-likeness (QED) is 0.807. The van der Waals surface area contributed by atoms with E-state index < -0.39 is 0 Å². The minimum Gasteiger partial charge on any atom is -0.374 e. The Morgan fingerprint density at radius 3 is 2.73 bits per heavy atom. The van der Waals surface area contributed by atoms with E-state index in [0.717, 1.165) is 24.7 Å². The van der Waals surface area contributed by atoms with E-state index in [1.54, 1.807) is 0 Å². The van der Waals surface area contributed by atoms with Gasteiger partial charge in [-0.25, -0.2) is 4.98 Å². The lowest BCUT2D eigenvalue weighted by atomic mass is 10.1. The summed E-state index contributed by atoms with van der Waals surface area (Å²) in [4.78, 5) is 4.37. The third-order valence-electron chi connectivity index (χ3n) is 2.12. The Hall–Kier alpha value is -1.09. The SMILES string of the molecule is CCOC(C)(C)CNc1cccc(C)n1. The molecule has 0 fully saturated rings. The largest absolute Gasteiger partial charge is 0.374 e. The molecule has 0 aliphatic heterocycles. The summed E-state index contributed by atoms with van der Waals surface area (Å²) in [5, 5.41) is 3.27. The lowest BCUT2D eigenvalue weighted by Crippen LogP contribution is -2.33. The Balaban J connectivity index is 2.49. The van der Waals surface area contributed by atoms with Crippen molar-refractivity contribution >= 4 is 5.82 Å². The van der Waals surface area contributed by atoms with Crippen LogP contribution in [0.1, 0.15) is 26.5 Å². The molecule has 1 aromatic rings. The zero-order valence-electron chi connectivity index (χ0n) is 10.0. The van der Waals surface area contributed by atoms with E-state index in [2.05, 4.69) is 24.1 Å². The van der Waals surface area contributed by atoms with Gasteiger partial charge in [0.1, 0.15) is 5.82 Å². The van der Waals surface area contributed by atoms with Gasteiger partial charge in [-0.15, -0.1) is 0 Å². The molecular formula is C12H20N2O. The van der Waals surface area contributed by atoms with Gasteiger partial charge in [0.25, 0.3) is 0 Å². The number of anilines is 1. The first-order chi connectivity index (χ1) is 7.03. The zero-order chi connectivity index (χ0) is 11.3. The molecule has 0 aliphatic rings. The summed E-state index contributed by atoms with van der Waals surface area (Å²) in [6.45, 7) is 9.62. The van der Waals surface area contributed by atoms with Crippen molar-refractivity contribution in [2.24, 2.45) is 0 Å². The summed E-state index contributed by atoms with van der Waals surface area (Å²) in [6.07, 6.45) is 0. The molecule has 1 heterocycles. The molecule has 0 saturated heterocycles. The standard InChI is InChI=1S/C12H20N2O/c1-5-15-12(3,4)9-13-11-8-6-7-10(2)14-11/h6-8H,5,9H2,1-4H3,(H,13,14). The number of pyridine rings is 1. The van der Waals surface area contributed by atoms with Crippen LogP contribution in [0.15, 0.2) is 18.2 Å². The predicted molar refractivity (Wildman–Crippen MR) is 63.2 cm³/mol. The summed E-state index contributed by atoms with van der Waals surface area (Å²) in [7, 11) is 0. The van der Waals surface area contributed by atoms with E-state index in [1.165, 1.54) is 0 Å². The van der Waals surface area contributed by atoms with Crippen LogP contribution in [0.2, 0.25) is 0 Å². The Kier molecular flexibility index (Phi) is 4.09. The van der Waals surface area contributed by atoms with Crippen molar-refractivity contribution in [3.63, 3.8) is 0 Å². The molecule has 0 atom stereocenters. The number of nitrogens with one attached hydrogen (secondary N) is 1. The Labute approximate surface area is 91.9 Å². The summed E-state index contributed by atoms with van der Waals surface area (Å²) >= 11 is 0. The van der Waals surface area contributed by atoms with Crippen LogP contribution in [0, 0.1) is 6.92 Å². The van der Waals surface area contributed by atoms with Crippen LogP contribution in [0.5, 0.6) is 0 Å². The molecule has 0 spiro atoms.